The molecule has 0 amide bonds. The fourth-order valence-corrected chi connectivity index (χ4v) is 2.74. The van der Waals surface area contributed by atoms with Crippen molar-refractivity contribution in [3.63, 3.8) is 0 Å². The van der Waals surface area contributed by atoms with E-state index in [4.69, 9.17) is 14.8 Å². The molecule has 0 saturated heterocycles. The van der Waals surface area contributed by atoms with Gasteiger partial charge in [0.1, 0.15) is 0 Å². The number of rotatable bonds is 3. The fourth-order valence-electron chi connectivity index (χ4n) is 2.74. The minimum absolute atomic E-state index is 0.0970. The van der Waals surface area contributed by atoms with E-state index in [1.807, 2.05) is 6.07 Å². The molecule has 2 aromatic carbocycles. The molecule has 20 heavy (non-hydrogen) atoms. The lowest BCUT2D eigenvalue weighted by Gasteiger charge is -2.27. The van der Waals surface area contributed by atoms with Crippen LogP contribution in [0.15, 0.2) is 42.5 Å². The summed E-state index contributed by atoms with van der Waals surface area (Å²) in [7, 11) is 3.34. The van der Waals surface area contributed by atoms with Crippen LogP contribution in [-0.4, -0.2) is 20.8 Å². The molecule has 0 N–H and O–H groups in total. The van der Waals surface area contributed by atoms with Gasteiger partial charge >= 0.3 is 0 Å². The van der Waals surface area contributed by atoms with Gasteiger partial charge in [0, 0.05) is 6.54 Å². The van der Waals surface area contributed by atoms with Gasteiger partial charge in [-0.25, -0.2) is 5.32 Å². The van der Waals surface area contributed by atoms with Crippen LogP contribution in [0, 0.1) is 0 Å². The Morgan fingerprint density at radius 2 is 1.70 bits per heavy atom. The maximum atomic E-state index is 5.42. The van der Waals surface area contributed by atoms with Crippen LogP contribution in [0.1, 0.15) is 22.7 Å². The first kappa shape index (κ1) is 13.0. The van der Waals surface area contributed by atoms with Crippen molar-refractivity contribution in [2.24, 2.45) is 0 Å². The Hall–Kier alpha value is -2.00. The molecular formula is C17H18NO2. The highest BCUT2D eigenvalue weighted by Gasteiger charge is 2.24. The number of ether oxygens (including phenoxy) is 2. The van der Waals surface area contributed by atoms with Crippen LogP contribution in [0.4, 0.5) is 0 Å². The van der Waals surface area contributed by atoms with Crippen LogP contribution in [0.25, 0.3) is 0 Å². The second-order valence-electron chi connectivity index (χ2n) is 4.88. The van der Waals surface area contributed by atoms with Crippen LogP contribution in [0.5, 0.6) is 11.5 Å². The highest BCUT2D eigenvalue weighted by molar-refractivity contribution is 5.51. The van der Waals surface area contributed by atoms with Crippen molar-refractivity contribution in [2.75, 3.05) is 20.8 Å². The van der Waals surface area contributed by atoms with Crippen molar-refractivity contribution in [3.05, 3.63) is 59.2 Å². The molecule has 1 aliphatic heterocycles. The molecular weight excluding hydrogens is 250 g/mol. The van der Waals surface area contributed by atoms with Crippen LogP contribution >= 0.6 is 0 Å². The van der Waals surface area contributed by atoms with E-state index in [9.17, 15) is 0 Å². The number of hydrogen-bond acceptors (Lipinski definition) is 2. The second-order valence-corrected chi connectivity index (χ2v) is 4.88. The highest BCUT2D eigenvalue weighted by atomic mass is 16.5. The average molecular weight is 268 g/mol. The molecule has 1 atom stereocenters. The maximum absolute atomic E-state index is 5.42. The zero-order valence-electron chi connectivity index (χ0n) is 11.8. The lowest BCUT2D eigenvalue weighted by atomic mass is 9.89. The lowest BCUT2D eigenvalue weighted by Crippen LogP contribution is -2.25. The number of benzene rings is 2. The Labute approximate surface area is 119 Å². The molecule has 103 valence electrons. The smallest absolute Gasteiger partial charge is 0.161 e. The third kappa shape index (κ3) is 2.25. The van der Waals surface area contributed by atoms with Crippen molar-refractivity contribution >= 4 is 0 Å². The van der Waals surface area contributed by atoms with Crippen LogP contribution in [0.3, 0.4) is 0 Å². The van der Waals surface area contributed by atoms with E-state index in [-0.39, 0.29) is 6.04 Å². The molecule has 3 rings (SSSR count). The van der Waals surface area contributed by atoms with Crippen molar-refractivity contribution in [3.8, 4) is 11.5 Å². The van der Waals surface area contributed by atoms with Gasteiger partial charge < -0.3 is 9.47 Å². The zero-order valence-corrected chi connectivity index (χ0v) is 11.8. The van der Waals surface area contributed by atoms with Crippen molar-refractivity contribution < 1.29 is 9.47 Å². The highest BCUT2D eigenvalue weighted by Crippen LogP contribution is 2.37. The summed E-state index contributed by atoms with van der Waals surface area (Å²) < 4.78 is 10.8. The summed E-state index contributed by atoms with van der Waals surface area (Å²) >= 11 is 0. The summed E-state index contributed by atoms with van der Waals surface area (Å²) in [5.41, 5.74) is 3.74. The van der Waals surface area contributed by atoms with Gasteiger partial charge in [-0.15, -0.1) is 0 Å². The van der Waals surface area contributed by atoms with Crippen molar-refractivity contribution in [1.82, 2.24) is 5.32 Å². The predicted octanol–water partition coefficient (Wildman–Crippen LogP) is 2.95. The van der Waals surface area contributed by atoms with Crippen molar-refractivity contribution in [1.29, 1.82) is 0 Å². The summed E-state index contributed by atoms with van der Waals surface area (Å²) in [5.74, 6) is 1.56. The van der Waals surface area contributed by atoms with E-state index in [1.54, 1.807) is 14.2 Å². The first-order chi connectivity index (χ1) is 9.83. The molecule has 0 bridgehead atoms. The van der Waals surface area contributed by atoms with E-state index >= 15 is 0 Å². The molecule has 0 aromatic heterocycles. The van der Waals surface area contributed by atoms with Gasteiger partial charge in [0.2, 0.25) is 0 Å². The summed E-state index contributed by atoms with van der Waals surface area (Å²) in [5, 5.41) is 4.78. The van der Waals surface area contributed by atoms with Gasteiger partial charge in [-0.3, -0.25) is 0 Å². The predicted molar refractivity (Wildman–Crippen MR) is 78.5 cm³/mol. The standard InChI is InChI=1S/C17H18NO2/c1-19-15-10-13-8-9-18-17(12-6-4-3-5-7-12)14(13)11-16(15)20-2/h3-7,10-11,17H,8-9H2,1-2H3. The lowest BCUT2D eigenvalue weighted by molar-refractivity contribution is 0.352. The minimum Gasteiger partial charge on any atom is -0.493 e. The van der Waals surface area contributed by atoms with Gasteiger partial charge in [0.15, 0.2) is 11.5 Å². The molecule has 2 aromatic rings. The van der Waals surface area contributed by atoms with Crippen LogP contribution in [0.2, 0.25) is 0 Å². The van der Waals surface area contributed by atoms with Crippen LogP contribution in [-0.2, 0) is 6.42 Å². The number of hydrogen-bond donors (Lipinski definition) is 0. The Bertz CT molecular complexity index is 595. The molecule has 3 nitrogen and oxygen atoms in total. The number of nitrogens with zero attached hydrogens (tertiary/aromatic N) is 1. The first-order valence-corrected chi connectivity index (χ1v) is 6.80. The molecule has 0 saturated carbocycles. The van der Waals surface area contributed by atoms with Gasteiger partial charge in [-0.05, 0) is 35.2 Å². The van der Waals surface area contributed by atoms with E-state index in [0.29, 0.717) is 0 Å². The SMILES string of the molecule is COc1cc2c(cc1OC)C(c1ccccc1)[N]CC2. The molecule has 1 heterocycles. The van der Waals surface area contributed by atoms with E-state index < -0.39 is 0 Å². The minimum atomic E-state index is 0.0970. The topological polar surface area (TPSA) is 32.6 Å². The first-order valence-electron chi connectivity index (χ1n) is 6.80. The molecule has 0 aliphatic carbocycles. The van der Waals surface area contributed by atoms with Gasteiger partial charge in [-0.1, -0.05) is 30.3 Å². The molecule has 3 heteroatoms. The monoisotopic (exact) mass is 268 g/mol. The number of fused-ring (bicyclic) bond motifs is 1. The Balaban J connectivity index is 2.08. The third-order valence-corrected chi connectivity index (χ3v) is 3.75. The van der Waals surface area contributed by atoms with Gasteiger partial charge in [0.05, 0.1) is 20.3 Å². The fraction of sp³-hybridized carbons (Fsp3) is 0.294. The van der Waals surface area contributed by atoms with Gasteiger partial charge in [-0.2, -0.15) is 0 Å². The van der Waals surface area contributed by atoms with E-state index in [0.717, 1.165) is 24.5 Å². The normalized spacial score (nSPS) is 17.4. The molecule has 0 spiro atoms. The molecule has 1 aliphatic rings. The third-order valence-electron chi connectivity index (χ3n) is 3.75. The van der Waals surface area contributed by atoms with Crippen molar-refractivity contribution in [2.45, 2.75) is 12.5 Å². The summed E-state index contributed by atoms with van der Waals surface area (Å²) in [4.78, 5) is 0. The number of methoxy groups -OCH3 is 2. The quantitative estimate of drug-likeness (QED) is 0.857. The van der Waals surface area contributed by atoms with Gasteiger partial charge in [0.25, 0.3) is 0 Å². The summed E-state index contributed by atoms with van der Waals surface area (Å²) in [6.07, 6.45) is 0.957. The summed E-state index contributed by atoms with van der Waals surface area (Å²) in [6.45, 7) is 0.849. The molecule has 1 unspecified atom stereocenters. The molecule has 1 radical (unpaired) electrons. The largest absolute Gasteiger partial charge is 0.493 e. The van der Waals surface area contributed by atoms with E-state index in [2.05, 4.69) is 36.4 Å². The maximum Gasteiger partial charge on any atom is 0.161 e. The van der Waals surface area contributed by atoms with E-state index in [1.165, 1.54) is 16.7 Å². The Kier molecular flexibility index (Phi) is 3.61. The average Bonchev–Trinajstić information content (AvgIpc) is 2.53. The Morgan fingerprint density at radius 3 is 2.40 bits per heavy atom. The zero-order chi connectivity index (χ0) is 13.9. The second kappa shape index (κ2) is 5.55. The summed E-state index contributed by atoms with van der Waals surface area (Å²) in [6, 6.07) is 14.6. The van der Waals surface area contributed by atoms with Crippen LogP contribution < -0.4 is 14.8 Å². The Morgan fingerprint density at radius 1 is 1.00 bits per heavy atom. The molecule has 0 fully saturated rings.